The number of aromatic nitrogens is 3. The number of halogens is 1. The highest BCUT2D eigenvalue weighted by molar-refractivity contribution is 9.10. The number of nitrogens with zero attached hydrogens (tertiary/aromatic N) is 3. The average molecular weight is 480 g/mol. The third-order valence-electron chi connectivity index (χ3n) is 4.37. The zero-order chi connectivity index (χ0) is 21.8. The lowest BCUT2D eigenvalue weighted by Crippen LogP contribution is -2.06. The van der Waals surface area contributed by atoms with Gasteiger partial charge in [0.25, 0.3) is 0 Å². The summed E-state index contributed by atoms with van der Waals surface area (Å²) in [7, 11) is 0. The zero-order valence-corrected chi connectivity index (χ0v) is 18.1. The molecular formula is C22H18BrN5O3. The lowest BCUT2D eigenvalue weighted by molar-refractivity contribution is 0.0526. The molecule has 2 aromatic heterocycles. The fourth-order valence-corrected chi connectivity index (χ4v) is 3.39. The normalized spacial score (nSPS) is 10.6. The van der Waals surface area contributed by atoms with E-state index >= 15 is 0 Å². The number of nitrogens with two attached hydrogens (primary N) is 1. The van der Waals surface area contributed by atoms with Crippen molar-refractivity contribution in [2.24, 2.45) is 0 Å². The molecule has 8 nitrogen and oxygen atoms in total. The van der Waals surface area contributed by atoms with Crippen LogP contribution in [0.25, 0.3) is 10.9 Å². The van der Waals surface area contributed by atoms with Crippen molar-refractivity contribution in [3.05, 3.63) is 71.1 Å². The Morgan fingerprint density at radius 2 is 2.00 bits per heavy atom. The van der Waals surface area contributed by atoms with Crippen LogP contribution >= 0.6 is 15.9 Å². The van der Waals surface area contributed by atoms with Gasteiger partial charge in [-0.25, -0.2) is 9.78 Å². The summed E-state index contributed by atoms with van der Waals surface area (Å²) in [5.41, 5.74) is 8.20. The summed E-state index contributed by atoms with van der Waals surface area (Å²) >= 11 is 3.52. The smallest absolute Gasteiger partial charge is 0.338 e. The number of hydrogen-bond donors (Lipinski definition) is 2. The molecule has 0 saturated heterocycles. The van der Waals surface area contributed by atoms with E-state index in [-0.39, 0.29) is 11.6 Å². The quantitative estimate of drug-likeness (QED) is 0.368. The first-order valence-corrected chi connectivity index (χ1v) is 10.2. The van der Waals surface area contributed by atoms with Crippen LogP contribution in [0.2, 0.25) is 0 Å². The Bertz CT molecular complexity index is 1270. The van der Waals surface area contributed by atoms with E-state index in [9.17, 15) is 4.79 Å². The maximum Gasteiger partial charge on any atom is 0.338 e. The molecule has 0 unspecified atom stereocenters. The van der Waals surface area contributed by atoms with Crippen molar-refractivity contribution in [1.29, 1.82) is 0 Å². The number of rotatable bonds is 6. The number of anilines is 3. The molecule has 0 radical (unpaired) electrons. The van der Waals surface area contributed by atoms with Gasteiger partial charge in [-0.05, 0) is 43.3 Å². The highest BCUT2D eigenvalue weighted by Gasteiger charge is 2.14. The minimum absolute atomic E-state index is 0.188. The number of pyridine rings is 1. The van der Waals surface area contributed by atoms with Gasteiger partial charge < -0.3 is 20.5 Å². The molecule has 3 N–H and O–H groups in total. The monoisotopic (exact) mass is 479 g/mol. The van der Waals surface area contributed by atoms with E-state index in [4.69, 9.17) is 15.2 Å². The van der Waals surface area contributed by atoms with E-state index < -0.39 is 5.97 Å². The van der Waals surface area contributed by atoms with Gasteiger partial charge in [0.2, 0.25) is 5.88 Å². The van der Waals surface area contributed by atoms with Gasteiger partial charge in [0, 0.05) is 21.7 Å². The van der Waals surface area contributed by atoms with Gasteiger partial charge in [0.05, 0.1) is 12.2 Å². The molecule has 0 amide bonds. The highest BCUT2D eigenvalue weighted by atomic mass is 79.9. The van der Waals surface area contributed by atoms with E-state index in [2.05, 4.69) is 36.2 Å². The number of fused-ring (bicyclic) bond motifs is 1. The SMILES string of the molecule is CCOC(=O)c1cccc(Nc2ncnc(Oc3ccc(Br)c4cccnc34)c2N)c1. The number of ether oxygens (including phenoxy) is 2. The number of nitrogen functional groups attached to an aromatic ring is 1. The molecule has 0 aliphatic rings. The van der Waals surface area contributed by atoms with Crippen molar-refractivity contribution in [2.75, 3.05) is 17.7 Å². The summed E-state index contributed by atoms with van der Waals surface area (Å²) in [6, 6.07) is 14.3. The summed E-state index contributed by atoms with van der Waals surface area (Å²) in [4.78, 5) is 24.7. The van der Waals surface area contributed by atoms with Crippen LogP contribution < -0.4 is 15.8 Å². The standard InChI is InChI=1S/C22H18BrN5O3/c1-2-30-22(29)13-5-3-6-14(11-13)28-20-18(24)21(27-12-26-20)31-17-9-8-16(23)15-7-4-10-25-19(15)17/h3-12H,2,24H2,1H3,(H,26,27,28). The molecule has 0 aliphatic carbocycles. The van der Waals surface area contributed by atoms with Crippen molar-refractivity contribution in [3.63, 3.8) is 0 Å². The first kappa shape index (κ1) is 20.5. The van der Waals surface area contributed by atoms with E-state index in [0.29, 0.717) is 34.9 Å². The average Bonchev–Trinajstić information content (AvgIpc) is 2.79. The molecule has 2 heterocycles. The molecule has 0 fully saturated rings. The molecular weight excluding hydrogens is 462 g/mol. The van der Waals surface area contributed by atoms with Crippen LogP contribution in [-0.4, -0.2) is 27.5 Å². The molecule has 4 rings (SSSR count). The summed E-state index contributed by atoms with van der Waals surface area (Å²) in [5.74, 6) is 0.647. The number of carbonyl (C=O) groups excluding carboxylic acids is 1. The van der Waals surface area contributed by atoms with Crippen LogP contribution in [0.15, 0.2) is 65.5 Å². The number of benzene rings is 2. The molecule has 0 spiro atoms. The molecule has 0 saturated carbocycles. The van der Waals surface area contributed by atoms with Crippen LogP contribution in [0.3, 0.4) is 0 Å². The van der Waals surface area contributed by atoms with Crippen LogP contribution in [-0.2, 0) is 4.74 Å². The van der Waals surface area contributed by atoms with Crippen molar-refractivity contribution in [1.82, 2.24) is 15.0 Å². The molecule has 156 valence electrons. The van der Waals surface area contributed by atoms with Gasteiger partial charge in [-0.3, -0.25) is 4.98 Å². The number of esters is 1. The van der Waals surface area contributed by atoms with E-state index in [1.807, 2.05) is 18.2 Å². The second-order valence-electron chi connectivity index (χ2n) is 6.41. The fraction of sp³-hybridized carbons (Fsp3) is 0.0909. The molecule has 0 bridgehead atoms. The highest BCUT2D eigenvalue weighted by Crippen LogP contribution is 2.36. The van der Waals surface area contributed by atoms with Crippen molar-refractivity contribution in [2.45, 2.75) is 6.92 Å². The van der Waals surface area contributed by atoms with Gasteiger partial charge in [0.1, 0.15) is 17.5 Å². The second kappa shape index (κ2) is 8.97. The summed E-state index contributed by atoms with van der Waals surface area (Å²) in [6.45, 7) is 2.06. The van der Waals surface area contributed by atoms with Crippen molar-refractivity contribution >= 4 is 50.0 Å². The lowest BCUT2D eigenvalue weighted by atomic mass is 10.2. The Morgan fingerprint density at radius 1 is 1.13 bits per heavy atom. The van der Waals surface area contributed by atoms with Gasteiger partial charge in [-0.1, -0.05) is 28.1 Å². The minimum atomic E-state index is -0.402. The third-order valence-corrected chi connectivity index (χ3v) is 5.06. The van der Waals surface area contributed by atoms with E-state index in [0.717, 1.165) is 9.86 Å². The molecule has 31 heavy (non-hydrogen) atoms. The molecule has 0 aliphatic heterocycles. The number of nitrogens with one attached hydrogen (secondary N) is 1. The molecule has 2 aromatic carbocycles. The number of carbonyl (C=O) groups is 1. The summed E-state index contributed by atoms with van der Waals surface area (Å²) in [6.07, 6.45) is 3.03. The Kier molecular flexibility index (Phi) is 5.94. The van der Waals surface area contributed by atoms with Crippen molar-refractivity contribution in [3.8, 4) is 11.6 Å². The van der Waals surface area contributed by atoms with Crippen LogP contribution in [0.5, 0.6) is 11.6 Å². The van der Waals surface area contributed by atoms with E-state index in [1.165, 1.54) is 6.33 Å². The van der Waals surface area contributed by atoms with Crippen LogP contribution in [0, 0.1) is 0 Å². The first-order valence-electron chi connectivity index (χ1n) is 9.42. The summed E-state index contributed by atoms with van der Waals surface area (Å²) in [5, 5.41) is 4.00. The fourth-order valence-electron chi connectivity index (χ4n) is 2.93. The van der Waals surface area contributed by atoms with E-state index in [1.54, 1.807) is 43.5 Å². The molecule has 0 atom stereocenters. The zero-order valence-electron chi connectivity index (χ0n) is 16.5. The Labute approximate surface area is 186 Å². The number of hydrogen-bond acceptors (Lipinski definition) is 8. The maximum absolute atomic E-state index is 12.0. The third kappa shape index (κ3) is 4.41. The lowest BCUT2D eigenvalue weighted by Gasteiger charge is -2.13. The molecule has 9 heteroatoms. The maximum atomic E-state index is 12.0. The Balaban J connectivity index is 1.62. The predicted octanol–water partition coefficient (Wildman–Crippen LogP) is 5.08. The largest absolute Gasteiger partial charge is 0.462 e. The van der Waals surface area contributed by atoms with Crippen molar-refractivity contribution < 1.29 is 14.3 Å². The van der Waals surface area contributed by atoms with Gasteiger partial charge in [-0.15, -0.1) is 0 Å². The topological polar surface area (TPSA) is 112 Å². The Hall–Kier alpha value is -3.72. The second-order valence-corrected chi connectivity index (χ2v) is 7.27. The summed E-state index contributed by atoms with van der Waals surface area (Å²) < 4.78 is 11.9. The Morgan fingerprint density at radius 3 is 2.84 bits per heavy atom. The van der Waals surface area contributed by atoms with Crippen LogP contribution in [0.4, 0.5) is 17.2 Å². The van der Waals surface area contributed by atoms with Gasteiger partial charge >= 0.3 is 5.97 Å². The van der Waals surface area contributed by atoms with Gasteiger partial charge in [0.15, 0.2) is 11.6 Å². The molecule has 4 aromatic rings. The van der Waals surface area contributed by atoms with Crippen LogP contribution in [0.1, 0.15) is 17.3 Å². The minimum Gasteiger partial charge on any atom is -0.462 e. The first-order chi connectivity index (χ1) is 15.1. The van der Waals surface area contributed by atoms with Gasteiger partial charge in [-0.2, -0.15) is 4.98 Å². The predicted molar refractivity (Wildman–Crippen MR) is 122 cm³/mol.